The molecule has 0 N–H and O–H groups in total. The molecule has 1 atom stereocenters. The zero-order valence-electron chi connectivity index (χ0n) is 18.0. The molecule has 0 radical (unpaired) electrons. The lowest BCUT2D eigenvalue weighted by molar-refractivity contribution is -0.275. The normalized spacial score (nSPS) is 17.8. The van der Waals surface area contributed by atoms with Gasteiger partial charge < -0.3 is 4.84 Å². The first-order valence-electron chi connectivity index (χ1n) is 10.1. The van der Waals surface area contributed by atoms with Gasteiger partial charge >= 0.3 is 6.18 Å². The Morgan fingerprint density at radius 2 is 1.79 bits per heavy atom. The third-order valence-corrected chi connectivity index (χ3v) is 6.04. The monoisotopic (exact) mass is 507 g/mol. The van der Waals surface area contributed by atoms with Gasteiger partial charge in [0.2, 0.25) is 0 Å². The molecule has 0 aliphatic carbocycles. The lowest BCUT2D eigenvalue weighted by Crippen LogP contribution is -2.42. The first-order valence-corrected chi connectivity index (χ1v) is 10.9. The van der Waals surface area contributed by atoms with Crippen LogP contribution in [0.1, 0.15) is 33.5 Å². The summed E-state index contributed by atoms with van der Waals surface area (Å²) in [4.78, 5) is 23.5. The minimum absolute atomic E-state index is 0.0545. The van der Waals surface area contributed by atoms with E-state index in [0.29, 0.717) is 22.5 Å². The largest absolute Gasteiger partial charge is 0.435 e. The average molecular weight is 508 g/mol. The number of amides is 1. The van der Waals surface area contributed by atoms with Crippen LogP contribution in [-0.4, -0.2) is 29.8 Å². The molecule has 34 heavy (non-hydrogen) atoms. The van der Waals surface area contributed by atoms with Crippen LogP contribution in [0, 0.1) is 6.92 Å². The fourth-order valence-electron chi connectivity index (χ4n) is 3.77. The van der Waals surface area contributed by atoms with Crippen LogP contribution in [0.25, 0.3) is 0 Å². The van der Waals surface area contributed by atoms with Gasteiger partial charge in [0.15, 0.2) is 0 Å². The van der Waals surface area contributed by atoms with E-state index in [1.165, 1.54) is 23.1 Å². The molecule has 1 aliphatic rings. The maximum Gasteiger partial charge on any atom is 0.435 e. The summed E-state index contributed by atoms with van der Waals surface area (Å²) in [5.41, 5.74) is -1.50. The Morgan fingerprint density at radius 1 is 1.09 bits per heavy atom. The Labute approximate surface area is 203 Å². The van der Waals surface area contributed by atoms with Gasteiger partial charge in [-0.05, 0) is 60.5 Å². The van der Waals surface area contributed by atoms with Crippen molar-refractivity contribution in [2.24, 2.45) is 5.16 Å². The van der Waals surface area contributed by atoms with Crippen molar-refractivity contribution in [2.45, 2.75) is 25.1 Å². The fourth-order valence-corrected chi connectivity index (χ4v) is 4.29. The van der Waals surface area contributed by atoms with Crippen molar-refractivity contribution in [2.75, 3.05) is 11.9 Å². The minimum Gasteiger partial charge on any atom is -0.374 e. The summed E-state index contributed by atoms with van der Waals surface area (Å²) in [6.07, 6.45) is -3.79. The molecule has 0 saturated carbocycles. The van der Waals surface area contributed by atoms with Crippen LogP contribution in [0.5, 0.6) is 0 Å². The van der Waals surface area contributed by atoms with Crippen molar-refractivity contribution in [1.82, 2.24) is 4.98 Å². The highest BCUT2D eigenvalue weighted by Crippen LogP contribution is 2.49. The lowest BCUT2D eigenvalue weighted by Gasteiger charge is -2.29. The molecule has 4 rings (SSSR count). The highest BCUT2D eigenvalue weighted by atomic mass is 35.5. The number of benzene rings is 2. The number of oxime groups is 1. The Bertz CT molecular complexity index is 1260. The number of anilines is 1. The summed E-state index contributed by atoms with van der Waals surface area (Å²) in [5.74, 6) is 0.172. The van der Waals surface area contributed by atoms with E-state index < -0.39 is 18.2 Å². The quantitative estimate of drug-likeness (QED) is 0.402. The minimum atomic E-state index is -4.79. The SMILES string of the molecule is Cc1cc(C2=NOC(c3cc(Cl)cc(Cl)c3)(C(F)(F)F)C2)ccc1C(=O)N(C)c1ccccn1. The standard InChI is InChI=1S/C24H18Cl2F3N3O2/c1-14-9-15(6-7-19(14)22(33)32(2)21-5-3-4-8-30-21)20-13-23(34-31-20,24(27,28)29)16-10-17(25)12-18(26)11-16/h3-12H,13H2,1-2H3. The van der Waals surface area contributed by atoms with E-state index in [2.05, 4.69) is 10.1 Å². The summed E-state index contributed by atoms with van der Waals surface area (Å²) < 4.78 is 42.6. The molecule has 176 valence electrons. The highest BCUT2D eigenvalue weighted by Gasteiger charge is 2.62. The molecule has 0 fully saturated rings. The molecular formula is C24H18Cl2F3N3O2. The van der Waals surface area contributed by atoms with Crippen LogP contribution in [0.4, 0.5) is 19.0 Å². The molecule has 1 unspecified atom stereocenters. The third kappa shape index (κ3) is 4.35. The van der Waals surface area contributed by atoms with Crippen molar-refractivity contribution in [3.63, 3.8) is 0 Å². The maximum absolute atomic E-state index is 14.2. The first-order chi connectivity index (χ1) is 16.0. The third-order valence-electron chi connectivity index (χ3n) is 5.60. The van der Waals surface area contributed by atoms with Gasteiger partial charge in [0, 0.05) is 40.8 Å². The molecule has 3 aromatic rings. The molecule has 10 heteroatoms. The number of aromatic nitrogens is 1. The molecule has 5 nitrogen and oxygen atoms in total. The number of hydrogen-bond acceptors (Lipinski definition) is 4. The van der Waals surface area contributed by atoms with Crippen molar-refractivity contribution >= 4 is 40.6 Å². The first kappa shape index (κ1) is 24.0. The van der Waals surface area contributed by atoms with Gasteiger partial charge in [0.25, 0.3) is 11.5 Å². The van der Waals surface area contributed by atoms with Crippen LogP contribution < -0.4 is 4.90 Å². The molecule has 0 spiro atoms. The van der Waals surface area contributed by atoms with E-state index in [9.17, 15) is 18.0 Å². The van der Waals surface area contributed by atoms with Crippen LogP contribution in [-0.2, 0) is 10.4 Å². The van der Waals surface area contributed by atoms with Crippen molar-refractivity contribution in [3.05, 3.63) is 93.1 Å². The van der Waals surface area contributed by atoms with Gasteiger partial charge in [-0.3, -0.25) is 9.69 Å². The second kappa shape index (κ2) is 8.92. The molecule has 1 aromatic heterocycles. The smallest absolute Gasteiger partial charge is 0.374 e. The molecule has 2 heterocycles. The van der Waals surface area contributed by atoms with Gasteiger partial charge in [-0.2, -0.15) is 13.2 Å². The molecule has 0 bridgehead atoms. The van der Waals surface area contributed by atoms with E-state index in [1.807, 2.05) is 0 Å². The van der Waals surface area contributed by atoms with Gasteiger partial charge in [0.05, 0.1) is 5.71 Å². The maximum atomic E-state index is 14.2. The zero-order chi connectivity index (χ0) is 24.7. The summed E-state index contributed by atoms with van der Waals surface area (Å²) in [7, 11) is 1.60. The van der Waals surface area contributed by atoms with Gasteiger partial charge in [-0.1, -0.05) is 40.5 Å². The van der Waals surface area contributed by atoms with E-state index in [1.54, 1.807) is 56.6 Å². The van der Waals surface area contributed by atoms with Crippen LogP contribution in [0.2, 0.25) is 10.0 Å². The van der Waals surface area contributed by atoms with Crippen molar-refractivity contribution in [1.29, 1.82) is 0 Å². The van der Waals surface area contributed by atoms with Crippen LogP contribution in [0.15, 0.2) is 65.9 Å². The van der Waals surface area contributed by atoms with E-state index in [4.69, 9.17) is 28.0 Å². The molecule has 1 amide bonds. The number of aryl methyl sites for hydroxylation is 1. The number of pyridine rings is 1. The Kier molecular flexibility index (Phi) is 6.31. The second-order valence-corrected chi connectivity index (χ2v) is 8.74. The molecule has 2 aromatic carbocycles. The summed E-state index contributed by atoms with van der Waals surface area (Å²) in [6, 6.07) is 13.6. The van der Waals surface area contributed by atoms with E-state index >= 15 is 0 Å². The number of rotatable bonds is 4. The number of alkyl halides is 3. The van der Waals surface area contributed by atoms with Gasteiger partial charge in [0.1, 0.15) is 5.82 Å². The average Bonchev–Trinajstić information content (AvgIpc) is 3.25. The number of nitrogens with zero attached hydrogens (tertiary/aromatic N) is 3. The Morgan fingerprint density at radius 3 is 2.38 bits per heavy atom. The van der Waals surface area contributed by atoms with Gasteiger partial charge in [-0.15, -0.1) is 0 Å². The molecule has 0 saturated heterocycles. The van der Waals surface area contributed by atoms with Crippen molar-refractivity contribution < 1.29 is 22.8 Å². The summed E-state index contributed by atoms with van der Waals surface area (Å²) in [6.45, 7) is 1.70. The highest BCUT2D eigenvalue weighted by molar-refractivity contribution is 6.34. The summed E-state index contributed by atoms with van der Waals surface area (Å²) >= 11 is 11.9. The lowest BCUT2D eigenvalue weighted by atomic mass is 9.86. The van der Waals surface area contributed by atoms with Gasteiger partial charge in [-0.25, -0.2) is 4.98 Å². The summed E-state index contributed by atoms with van der Waals surface area (Å²) in [5, 5.41) is 3.87. The van der Waals surface area contributed by atoms with E-state index in [-0.39, 0.29) is 27.2 Å². The predicted octanol–water partition coefficient (Wildman–Crippen LogP) is 6.56. The topological polar surface area (TPSA) is 54.8 Å². The van der Waals surface area contributed by atoms with Crippen LogP contribution >= 0.6 is 23.2 Å². The number of halogens is 5. The Balaban J connectivity index is 1.63. The zero-order valence-corrected chi connectivity index (χ0v) is 19.5. The predicted molar refractivity (Wildman–Crippen MR) is 125 cm³/mol. The number of hydrogen-bond donors (Lipinski definition) is 0. The second-order valence-electron chi connectivity index (χ2n) is 7.87. The molecular weight excluding hydrogens is 490 g/mol. The van der Waals surface area contributed by atoms with Crippen molar-refractivity contribution in [3.8, 4) is 0 Å². The van der Waals surface area contributed by atoms with E-state index in [0.717, 1.165) is 0 Å². The van der Waals surface area contributed by atoms with Crippen LogP contribution in [0.3, 0.4) is 0 Å². The Hall–Kier alpha value is -3.10. The number of carbonyl (C=O) groups excluding carboxylic acids is 1. The molecule has 1 aliphatic heterocycles. The number of carbonyl (C=O) groups is 1. The fraction of sp³-hybridized carbons (Fsp3) is 0.208.